The van der Waals surface area contributed by atoms with E-state index in [1.807, 2.05) is 0 Å². The summed E-state index contributed by atoms with van der Waals surface area (Å²) in [7, 11) is -0.897. The van der Waals surface area contributed by atoms with Crippen LogP contribution in [0.25, 0.3) is 0 Å². The van der Waals surface area contributed by atoms with Gasteiger partial charge in [0, 0.05) is 0 Å². The van der Waals surface area contributed by atoms with Crippen LogP contribution >= 0.6 is 0 Å². The molecule has 0 rings (SSSR count). The average Bonchev–Trinajstić information content (AvgIpc) is 2.18. The highest BCUT2D eigenvalue weighted by Crippen LogP contribution is 2.36. The SMILES string of the molecule is CC(C)(C)CC(C(=O)OCCC[SiH2]O)C(C)(C)C. The van der Waals surface area contributed by atoms with Crippen molar-refractivity contribution in [2.75, 3.05) is 6.61 Å². The summed E-state index contributed by atoms with van der Waals surface area (Å²) in [5, 5.41) is 0. The van der Waals surface area contributed by atoms with E-state index in [2.05, 4.69) is 41.5 Å². The van der Waals surface area contributed by atoms with E-state index < -0.39 is 9.76 Å². The molecule has 0 fully saturated rings. The molecule has 0 aliphatic rings. The summed E-state index contributed by atoms with van der Waals surface area (Å²) in [5.74, 6) is -0.152. The van der Waals surface area contributed by atoms with E-state index in [4.69, 9.17) is 9.53 Å². The maximum atomic E-state index is 12.2. The van der Waals surface area contributed by atoms with Gasteiger partial charge in [-0.2, -0.15) is 0 Å². The number of hydrogen-bond acceptors (Lipinski definition) is 3. The molecule has 3 nitrogen and oxygen atoms in total. The number of ether oxygens (including phenoxy) is 1. The van der Waals surface area contributed by atoms with Crippen molar-refractivity contribution in [3.05, 3.63) is 0 Å². The second-order valence-electron chi connectivity index (χ2n) is 7.28. The highest BCUT2D eigenvalue weighted by Gasteiger charge is 2.35. The molecule has 0 spiro atoms. The molecule has 0 heterocycles. The maximum absolute atomic E-state index is 12.2. The van der Waals surface area contributed by atoms with Gasteiger partial charge in [-0.3, -0.25) is 4.79 Å². The van der Waals surface area contributed by atoms with Crippen LogP contribution in [-0.2, 0) is 9.53 Å². The summed E-state index contributed by atoms with van der Waals surface area (Å²) in [6, 6.07) is 0.826. The van der Waals surface area contributed by atoms with Gasteiger partial charge < -0.3 is 9.53 Å². The lowest BCUT2D eigenvalue weighted by Crippen LogP contribution is -2.33. The molecule has 1 N–H and O–H groups in total. The fourth-order valence-corrected chi connectivity index (χ4v) is 2.27. The standard InChI is InChI=1S/C14H30O3Si/c1-13(2,3)10-11(14(4,5)6)12(15)17-8-7-9-18-16/h11,16H,7-10,18H2,1-6H3. The molecule has 0 aromatic carbocycles. The van der Waals surface area contributed by atoms with Crippen molar-refractivity contribution in [2.45, 2.75) is 60.4 Å². The summed E-state index contributed by atoms with van der Waals surface area (Å²) in [4.78, 5) is 21.0. The molecule has 108 valence electrons. The fraction of sp³-hybridized carbons (Fsp3) is 0.929. The van der Waals surface area contributed by atoms with Crippen LogP contribution in [0, 0.1) is 16.7 Å². The van der Waals surface area contributed by atoms with E-state index in [0.717, 1.165) is 18.9 Å². The van der Waals surface area contributed by atoms with E-state index in [9.17, 15) is 4.79 Å². The Morgan fingerprint density at radius 2 is 1.78 bits per heavy atom. The number of carbonyl (C=O) groups is 1. The smallest absolute Gasteiger partial charge is 0.309 e. The van der Waals surface area contributed by atoms with Crippen molar-refractivity contribution >= 4 is 15.7 Å². The number of hydrogen-bond donors (Lipinski definition) is 1. The summed E-state index contributed by atoms with van der Waals surface area (Å²) in [5.41, 5.74) is 0.0467. The summed E-state index contributed by atoms with van der Waals surface area (Å²) in [6.45, 7) is 13.2. The Bertz CT molecular complexity index is 251. The number of esters is 1. The van der Waals surface area contributed by atoms with Crippen LogP contribution in [0.4, 0.5) is 0 Å². The van der Waals surface area contributed by atoms with Gasteiger partial charge >= 0.3 is 5.97 Å². The van der Waals surface area contributed by atoms with E-state index in [1.54, 1.807) is 0 Å². The van der Waals surface area contributed by atoms with E-state index in [-0.39, 0.29) is 22.7 Å². The molecule has 4 heteroatoms. The molecule has 0 aliphatic carbocycles. The third-order valence-electron chi connectivity index (χ3n) is 2.94. The van der Waals surface area contributed by atoms with Crippen LogP contribution in [0.15, 0.2) is 0 Å². The molecule has 0 saturated carbocycles. The van der Waals surface area contributed by atoms with Gasteiger partial charge in [-0.05, 0) is 29.7 Å². The lowest BCUT2D eigenvalue weighted by molar-refractivity contribution is -0.154. The quantitative estimate of drug-likeness (QED) is 0.460. The van der Waals surface area contributed by atoms with Crippen LogP contribution in [0.5, 0.6) is 0 Å². The van der Waals surface area contributed by atoms with Crippen molar-refractivity contribution in [3.63, 3.8) is 0 Å². The molecule has 0 saturated heterocycles. The van der Waals surface area contributed by atoms with Crippen molar-refractivity contribution in [2.24, 2.45) is 16.7 Å². The van der Waals surface area contributed by atoms with Crippen molar-refractivity contribution in [3.8, 4) is 0 Å². The topological polar surface area (TPSA) is 46.5 Å². The molecule has 18 heavy (non-hydrogen) atoms. The Morgan fingerprint density at radius 1 is 1.22 bits per heavy atom. The predicted molar refractivity (Wildman–Crippen MR) is 78.2 cm³/mol. The molecule has 0 aromatic heterocycles. The highest BCUT2D eigenvalue weighted by molar-refractivity contribution is 6.25. The minimum Gasteiger partial charge on any atom is -0.465 e. The van der Waals surface area contributed by atoms with Crippen LogP contribution < -0.4 is 0 Å². The first-order valence-electron chi connectivity index (χ1n) is 6.85. The molecule has 0 aromatic rings. The predicted octanol–water partition coefficient (Wildman–Crippen LogP) is 2.51. The normalized spacial score (nSPS) is 15.1. The minimum atomic E-state index is -0.897. The fourth-order valence-electron chi connectivity index (χ4n) is 1.84. The lowest BCUT2D eigenvalue weighted by Gasteiger charge is -2.33. The molecule has 0 amide bonds. The largest absolute Gasteiger partial charge is 0.465 e. The van der Waals surface area contributed by atoms with E-state index in [1.165, 1.54) is 0 Å². The second-order valence-corrected chi connectivity index (χ2v) is 8.44. The molecule has 1 unspecified atom stereocenters. The third kappa shape index (κ3) is 7.87. The van der Waals surface area contributed by atoms with Gasteiger partial charge in [0.05, 0.1) is 12.5 Å². The van der Waals surface area contributed by atoms with E-state index >= 15 is 0 Å². The van der Waals surface area contributed by atoms with Gasteiger partial charge in [0.15, 0.2) is 9.76 Å². The monoisotopic (exact) mass is 274 g/mol. The Hall–Kier alpha value is -0.353. The number of rotatable bonds is 6. The zero-order valence-corrected chi connectivity index (χ0v) is 14.3. The molecule has 0 bridgehead atoms. The van der Waals surface area contributed by atoms with Gasteiger partial charge in [-0.1, -0.05) is 41.5 Å². The first kappa shape index (κ1) is 17.6. The second kappa shape index (κ2) is 7.29. The minimum absolute atomic E-state index is 0.0659. The zero-order valence-electron chi connectivity index (χ0n) is 12.9. The van der Waals surface area contributed by atoms with Crippen molar-refractivity contribution in [1.29, 1.82) is 0 Å². The average molecular weight is 274 g/mol. The summed E-state index contributed by atoms with van der Waals surface area (Å²) >= 11 is 0. The highest BCUT2D eigenvalue weighted by atomic mass is 28.2. The molecule has 0 radical (unpaired) electrons. The van der Waals surface area contributed by atoms with E-state index in [0.29, 0.717) is 6.61 Å². The van der Waals surface area contributed by atoms with Crippen molar-refractivity contribution in [1.82, 2.24) is 0 Å². The van der Waals surface area contributed by atoms with Gasteiger partial charge in [-0.15, -0.1) is 0 Å². The first-order chi connectivity index (χ1) is 8.08. The number of carbonyl (C=O) groups excluding carboxylic acids is 1. The Morgan fingerprint density at radius 3 is 2.17 bits per heavy atom. The Kier molecular flexibility index (Phi) is 7.15. The maximum Gasteiger partial charge on any atom is 0.309 e. The van der Waals surface area contributed by atoms with Crippen LogP contribution in [0.3, 0.4) is 0 Å². The Labute approximate surface area is 114 Å². The van der Waals surface area contributed by atoms with Gasteiger partial charge in [0.25, 0.3) is 0 Å². The summed E-state index contributed by atoms with van der Waals surface area (Å²) < 4.78 is 5.35. The molecular formula is C14H30O3Si. The molecule has 0 aliphatic heterocycles. The third-order valence-corrected chi connectivity index (χ3v) is 3.76. The molecular weight excluding hydrogens is 244 g/mol. The van der Waals surface area contributed by atoms with Gasteiger partial charge in [0.1, 0.15) is 0 Å². The summed E-state index contributed by atoms with van der Waals surface area (Å²) in [6.07, 6.45) is 1.63. The van der Waals surface area contributed by atoms with Crippen LogP contribution in [-0.4, -0.2) is 27.1 Å². The van der Waals surface area contributed by atoms with Crippen molar-refractivity contribution < 1.29 is 14.3 Å². The van der Waals surface area contributed by atoms with Crippen LogP contribution in [0.2, 0.25) is 6.04 Å². The Balaban J connectivity index is 4.43. The van der Waals surface area contributed by atoms with Gasteiger partial charge in [0.2, 0.25) is 0 Å². The first-order valence-corrected chi connectivity index (χ1v) is 8.48. The van der Waals surface area contributed by atoms with Gasteiger partial charge in [-0.25, -0.2) is 0 Å². The molecule has 1 atom stereocenters. The lowest BCUT2D eigenvalue weighted by atomic mass is 9.72. The zero-order chi connectivity index (χ0) is 14.4. The van der Waals surface area contributed by atoms with Crippen LogP contribution in [0.1, 0.15) is 54.4 Å².